The van der Waals surface area contributed by atoms with Gasteiger partial charge in [0.1, 0.15) is 0 Å². The highest BCUT2D eigenvalue weighted by molar-refractivity contribution is 6.08. The molecule has 0 saturated heterocycles. The fourth-order valence-corrected chi connectivity index (χ4v) is 0.988. The van der Waals surface area contributed by atoms with Crippen molar-refractivity contribution in [1.82, 2.24) is 0 Å². The van der Waals surface area contributed by atoms with Crippen LogP contribution in [0.3, 0.4) is 0 Å². The second-order valence-electron chi connectivity index (χ2n) is 2.54. The summed E-state index contributed by atoms with van der Waals surface area (Å²) < 4.78 is 0. The van der Waals surface area contributed by atoms with E-state index in [0.717, 1.165) is 24.1 Å². The lowest BCUT2D eigenvalue weighted by Crippen LogP contribution is -2.01. The molecule has 0 aromatic heterocycles. The standard InChI is InChI=1S/C10H13N/c1-3-8-11-10-7-5-4-6-9(10)2/h3,5,7-8H,2,4,6H2,1H3/b8-3-,11-10?. The first-order chi connectivity index (χ1) is 5.34. The van der Waals surface area contributed by atoms with Crippen LogP contribution in [0.5, 0.6) is 0 Å². The summed E-state index contributed by atoms with van der Waals surface area (Å²) >= 11 is 0. The molecule has 1 aliphatic carbocycles. The molecule has 0 atom stereocenters. The third-order valence-corrected chi connectivity index (χ3v) is 1.61. The molecule has 0 fully saturated rings. The van der Waals surface area contributed by atoms with Crippen molar-refractivity contribution in [2.45, 2.75) is 19.8 Å². The molecule has 0 radical (unpaired) electrons. The maximum atomic E-state index is 4.23. The molecule has 0 saturated carbocycles. The van der Waals surface area contributed by atoms with Gasteiger partial charge in [0.15, 0.2) is 0 Å². The molecule has 1 heteroatoms. The van der Waals surface area contributed by atoms with E-state index < -0.39 is 0 Å². The van der Waals surface area contributed by atoms with Crippen LogP contribution in [0.25, 0.3) is 0 Å². The molecular formula is C10H13N. The van der Waals surface area contributed by atoms with Crippen molar-refractivity contribution in [3.05, 3.63) is 36.6 Å². The van der Waals surface area contributed by atoms with Crippen LogP contribution in [0.4, 0.5) is 0 Å². The second-order valence-corrected chi connectivity index (χ2v) is 2.54. The summed E-state index contributed by atoms with van der Waals surface area (Å²) in [7, 11) is 0. The van der Waals surface area contributed by atoms with Gasteiger partial charge in [-0.2, -0.15) is 0 Å². The summed E-state index contributed by atoms with van der Waals surface area (Å²) in [5.41, 5.74) is 2.17. The smallest absolute Gasteiger partial charge is 0.0652 e. The monoisotopic (exact) mass is 147 g/mol. The van der Waals surface area contributed by atoms with Gasteiger partial charge in [-0.05, 0) is 31.4 Å². The van der Waals surface area contributed by atoms with E-state index in [9.17, 15) is 0 Å². The first-order valence-corrected chi connectivity index (χ1v) is 3.88. The number of aliphatic imine (C=N–C) groups is 1. The van der Waals surface area contributed by atoms with Crippen molar-refractivity contribution >= 4 is 5.71 Å². The zero-order valence-electron chi connectivity index (χ0n) is 6.88. The van der Waals surface area contributed by atoms with Gasteiger partial charge in [-0.25, -0.2) is 0 Å². The Morgan fingerprint density at radius 2 is 2.45 bits per heavy atom. The molecule has 1 aliphatic rings. The largest absolute Gasteiger partial charge is 0.257 e. The van der Waals surface area contributed by atoms with Crippen molar-refractivity contribution < 1.29 is 0 Å². The second kappa shape index (κ2) is 3.91. The van der Waals surface area contributed by atoms with Crippen LogP contribution >= 0.6 is 0 Å². The van der Waals surface area contributed by atoms with Gasteiger partial charge in [0, 0.05) is 6.20 Å². The Morgan fingerprint density at radius 3 is 3.09 bits per heavy atom. The number of allylic oxidation sites excluding steroid dienone is 4. The van der Waals surface area contributed by atoms with Crippen LogP contribution < -0.4 is 0 Å². The average Bonchev–Trinajstić information content (AvgIpc) is 2.03. The number of hydrogen-bond acceptors (Lipinski definition) is 1. The summed E-state index contributed by atoms with van der Waals surface area (Å²) in [6.07, 6.45) is 10.0. The van der Waals surface area contributed by atoms with Crippen LogP contribution in [-0.4, -0.2) is 5.71 Å². The Balaban J connectivity index is 2.76. The lowest BCUT2D eigenvalue weighted by molar-refractivity contribution is 1.01. The Hall–Kier alpha value is -1.11. The highest BCUT2D eigenvalue weighted by atomic mass is 14.7. The summed E-state index contributed by atoms with van der Waals surface area (Å²) in [4.78, 5) is 4.23. The zero-order valence-corrected chi connectivity index (χ0v) is 6.88. The molecule has 11 heavy (non-hydrogen) atoms. The summed E-state index contributed by atoms with van der Waals surface area (Å²) in [6, 6.07) is 0. The quantitative estimate of drug-likeness (QED) is 0.540. The van der Waals surface area contributed by atoms with E-state index in [0.29, 0.717) is 0 Å². The van der Waals surface area contributed by atoms with Crippen molar-refractivity contribution in [3.63, 3.8) is 0 Å². The molecule has 0 amide bonds. The minimum atomic E-state index is 1.02. The third kappa shape index (κ3) is 2.19. The van der Waals surface area contributed by atoms with Crippen molar-refractivity contribution in [2.75, 3.05) is 0 Å². The van der Waals surface area contributed by atoms with Crippen molar-refractivity contribution in [2.24, 2.45) is 4.99 Å². The van der Waals surface area contributed by atoms with Crippen molar-refractivity contribution in [3.8, 4) is 0 Å². The SMILES string of the molecule is C=C1CCC=CC1=N/C=C\C. The highest BCUT2D eigenvalue weighted by Crippen LogP contribution is 2.12. The molecule has 0 bridgehead atoms. The Labute approximate surface area is 67.8 Å². The first kappa shape index (κ1) is 7.99. The number of nitrogens with zero attached hydrogens (tertiary/aromatic N) is 1. The molecule has 58 valence electrons. The molecule has 1 nitrogen and oxygen atoms in total. The number of hydrogen-bond donors (Lipinski definition) is 0. The lowest BCUT2D eigenvalue weighted by atomic mass is 10.0. The molecule has 0 aliphatic heterocycles. The van der Waals surface area contributed by atoms with Gasteiger partial charge in [-0.3, -0.25) is 4.99 Å². The summed E-state index contributed by atoms with van der Waals surface area (Å²) in [5.74, 6) is 0. The van der Waals surface area contributed by atoms with Gasteiger partial charge in [0.05, 0.1) is 5.71 Å². The van der Waals surface area contributed by atoms with Crippen LogP contribution in [0.15, 0.2) is 41.6 Å². The summed E-state index contributed by atoms with van der Waals surface area (Å²) in [5, 5.41) is 0. The molecular weight excluding hydrogens is 134 g/mol. The minimum Gasteiger partial charge on any atom is -0.257 e. The van der Waals surface area contributed by atoms with Crippen molar-refractivity contribution in [1.29, 1.82) is 0 Å². The fraction of sp³-hybridized carbons (Fsp3) is 0.300. The molecule has 0 aromatic carbocycles. The zero-order chi connectivity index (χ0) is 8.10. The summed E-state index contributed by atoms with van der Waals surface area (Å²) in [6.45, 7) is 5.89. The van der Waals surface area contributed by atoms with Crippen LogP contribution in [0, 0.1) is 0 Å². The molecule has 0 aromatic rings. The van der Waals surface area contributed by atoms with Gasteiger partial charge < -0.3 is 0 Å². The van der Waals surface area contributed by atoms with E-state index >= 15 is 0 Å². The van der Waals surface area contributed by atoms with Crippen LogP contribution in [0.2, 0.25) is 0 Å². The minimum absolute atomic E-state index is 1.02. The molecule has 0 spiro atoms. The average molecular weight is 147 g/mol. The predicted octanol–water partition coefficient (Wildman–Crippen LogP) is 2.87. The van der Waals surface area contributed by atoms with Gasteiger partial charge in [-0.15, -0.1) is 0 Å². The molecule has 1 rings (SSSR count). The van der Waals surface area contributed by atoms with E-state index in [1.165, 1.54) is 0 Å². The van der Waals surface area contributed by atoms with E-state index in [1.54, 1.807) is 6.20 Å². The van der Waals surface area contributed by atoms with Gasteiger partial charge in [0.25, 0.3) is 0 Å². The maximum absolute atomic E-state index is 4.23. The fourth-order valence-electron chi connectivity index (χ4n) is 0.988. The molecule has 0 heterocycles. The number of rotatable bonds is 1. The maximum Gasteiger partial charge on any atom is 0.0652 e. The Morgan fingerprint density at radius 1 is 1.64 bits per heavy atom. The van der Waals surface area contributed by atoms with Gasteiger partial charge >= 0.3 is 0 Å². The van der Waals surface area contributed by atoms with E-state index in [1.807, 2.05) is 19.1 Å². The lowest BCUT2D eigenvalue weighted by Gasteiger charge is -2.07. The van der Waals surface area contributed by atoms with Gasteiger partial charge in [-0.1, -0.05) is 18.7 Å². The van der Waals surface area contributed by atoms with Gasteiger partial charge in [0.2, 0.25) is 0 Å². The highest BCUT2D eigenvalue weighted by Gasteiger charge is 2.03. The normalized spacial score (nSPS) is 21.9. The topological polar surface area (TPSA) is 12.4 Å². The Bertz CT molecular complexity index is 231. The van der Waals surface area contributed by atoms with E-state index in [-0.39, 0.29) is 0 Å². The van der Waals surface area contributed by atoms with Crippen LogP contribution in [0.1, 0.15) is 19.8 Å². The predicted molar refractivity (Wildman–Crippen MR) is 49.8 cm³/mol. The van der Waals surface area contributed by atoms with E-state index in [2.05, 4.69) is 17.6 Å². The molecule has 0 unspecified atom stereocenters. The molecule has 0 N–H and O–H groups in total. The van der Waals surface area contributed by atoms with E-state index in [4.69, 9.17) is 0 Å². The third-order valence-electron chi connectivity index (χ3n) is 1.61. The van der Waals surface area contributed by atoms with Crippen LogP contribution in [-0.2, 0) is 0 Å². The first-order valence-electron chi connectivity index (χ1n) is 3.88. The Kier molecular flexibility index (Phi) is 2.84.